The minimum atomic E-state index is -0.134. The quantitative estimate of drug-likeness (QED) is 0.862. The fraction of sp³-hybridized carbons (Fsp3) is 0.533. The van der Waals surface area contributed by atoms with Crippen LogP contribution < -0.4 is 20.1 Å². The Bertz CT molecular complexity index is 492. The molecular formula is C15H20N2O3. The van der Waals surface area contributed by atoms with Crippen molar-refractivity contribution in [1.82, 2.24) is 10.6 Å². The molecule has 3 unspecified atom stereocenters. The molecule has 0 saturated carbocycles. The van der Waals surface area contributed by atoms with E-state index in [-0.39, 0.29) is 18.1 Å². The Morgan fingerprint density at radius 1 is 1.40 bits per heavy atom. The fourth-order valence-electron chi connectivity index (χ4n) is 2.67. The number of carbonyl (C=O) groups excluding carboxylic acids is 1. The topological polar surface area (TPSA) is 59.6 Å². The summed E-state index contributed by atoms with van der Waals surface area (Å²) >= 11 is 0. The molecule has 1 amide bonds. The van der Waals surface area contributed by atoms with Crippen LogP contribution in [0.2, 0.25) is 0 Å². The summed E-state index contributed by atoms with van der Waals surface area (Å²) in [7, 11) is 0. The average Bonchev–Trinajstić information content (AvgIpc) is 2.91. The van der Waals surface area contributed by atoms with Crippen molar-refractivity contribution in [3.63, 3.8) is 0 Å². The summed E-state index contributed by atoms with van der Waals surface area (Å²) < 4.78 is 11.4. The van der Waals surface area contributed by atoms with E-state index in [0.717, 1.165) is 24.5 Å². The maximum absolute atomic E-state index is 12.1. The number of para-hydroxylation sites is 2. The number of hydrogen-bond acceptors (Lipinski definition) is 4. The Morgan fingerprint density at radius 3 is 2.95 bits per heavy atom. The zero-order chi connectivity index (χ0) is 13.9. The lowest BCUT2D eigenvalue weighted by atomic mass is 10.0. The standard InChI is InChI=1S/C15H20N2O3/c1-10-6-7-16-14(10)15(18)17-8-11-9-19-12-4-2-3-5-13(12)20-11/h2-5,10-11,14,16H,6-9H2,1H3,(H,17,18). The van der Waals surface area contributed by atoms with Crippen LogP contribution in [0, 0.1) is 5.92 Å². The van der Waals surface area contributed by atoms with Crippen molar-refractivity contribution in [2.24, 2.45) is 5.92 Å². The second-order valence-electron chi connectivity index (χ2n) is 5.44. The molecule has 2 N–H and O–H groups in total. The number of fused-ring (bicyclic) bond motifs is 1. The molecule has 1 aromatic rings. The van der Waals surface area contributed by atoms with Crippen LogP contribution in [0.25, 0.3) is 0 Å². The Hall–Kier alpha value is -1.75. The third kappa shape index (κ3) is 2.72. The molecule has 2 heterocycles. The van der Waals surface area contributed by atoms with Gasteiger partial charge >= 0.3 is 0 Å². The Labute approximate surface area is 118 Å². The number of hydrogen-bond donors (Lipinski definition) is 2. The monoisotopic (exact) mass is 276 g/mol. The first kappa shape index (κ1) is 13.2. The summed E-state index contributed by atoms with van der Waals surface area (Å²) in [5.74, 6) is 1.95. The Balaban J connectivity index is 1.51. The summed E-state index contributed by atoms with van der Waals surface area (Å²) in [4.78, 5) is 12.1. The number of nitrogens with one attached hydrogen (secondary N) is 2. The van der Waals surface area contributed by atoms with Gasteiger partial charge in [-0.15, -0.1) is 0 Å². The van der Waals surface area contributed by atoms with Crippen molar-refractivity contribution in [3.8, 4) is 11.5 Å². The molecule has 108 valence electrons. The minimum Gasteiger partial charge on any atom is -0.486 e. The van der Waals surface area contributed by atoms with Gasteiger partial charge in [-0.3, -0.25) is 4.79 Å². The first-order valence-corrected chi connectivity index (χ1v) is 7.13. The molecule has 3 rings (SSSR count). The van der Waals surface area contributed by atoms with Crippen LogP contribution in [-0.4, -0.2) is 37.7 Å². The highest BCUT2D eigenvalue weighted by Gasteiger charge is 2.30. The van der Waals surface area contributed by atoms with Crippen LogP contribution in [0.5, 0.6) is 11.5 Å². The summed E-state index contributed by atoms with van der Waals surface area (Å²) in [6.07, 6.45) is 0.916. The Kier molecular flexibility index (Phi) is 3.78. The van der Waals surface area contributed by atoms with Gasteiger partial charge in [0.25, 0.3) is 0 Å². The highest BCUT2D eigenvalue weighted by molar-refractivity contribution is 5.82. The fourth-order valence-corrected chi connectivity index (χ4v) is 2.67. The molecular weight excluding hydrogens is 256 g/mol. The van der Waals surface area contributed by atoms with E-state index in [1.807, 2.05) is 24.3 Å². The lowest BCUT2D eigenvalue weighted by molar-refractivity contribution is -0.124. The molecule has 0 spiro atoms. The van der Waals surface area contributed by atoms with E-state index in [2.05, 4.69) is 17.6 Å². The first-order valence-electron chi connectivity index (χ1n) is 7.13. The van der Waals surface area contributed by atoms with Gasteiger partial charge in [-0.05, 0) is 31.0 Å². The molecule has 2 aliphatic heterocycles. The summed E-state index contributed by atoms with van der Waals surface area (Å²) in [5, 5.41) is 6.17. The zero-order valence-electron chi connectivity index (χ0n) is 11.6. The van der Waals surface area contributed by atoms with Gasteiger partial charge in [0.2, 0.25) is 5.91 Å². The molecule has 3 atom stereocenters. The molecule has 0 aliphatic carbocycles. The number of benzene rings is 1. The van der Waals surface area contributed by atoms with Crippen LogP contribution in [0.15, 0.2) is 24.3 Å². The van der Waals surface area contributed by atoms with Gasteiger partial charge in [-0.25, -0.2) is 0 Å². The lowest BCUT2D eigenvalue weighted by Crippen LogP contribution is -2.48. The van der Waals surface area contributed by atoms with Crippen molar-refractivity contribution >= 4 is 5.91 Å². The molecule has 0 radical (unpaired) electrons. The highest BCUT2D eigenvalue weighted by atomic mass is 16.6. The summed E-state index contributed by atoms with van der Waals surface area (Å²) in [5.41, 5.74) is 0. The minimum absolute atomic E-state index is 0.0532. The Morgan fingerprint density at radius 2 is 2.20 bits per heavy atom. The SMILES string of the molecule is CC1CCNC1C(=O)NCC1COc2ccccc2O1. The third-order valence-electron chi connectivity index (χ3n) is 3.89. The largest absolute Gasteiger partial charge is 0.486 e. The van der Waals surface area contributed by atoms with Gasteiger partial charge in [-0.1, -0.05) is 19.1 Å². The van der Waals surface area contributed by atoms with Gasteiger partial charge in [0.05, 0.1) is 12.6 Å². The van der Waals surface area contributed by atoms with Gasteiger partial charge in [0.15, 0.2) is 11.5 Å². The maximum Gasteiger partial charge on any atom is 0.237 e. The van der Waals surface area contributed by atoms with Crippen molar-refractivity contribution in [3.05, 3.63) is 24.3 Å². The van der Waals surface area contributed by atoms with E-state index in [0.29, 0.717) is 19.1 Å². The molecule has 5 nitrogen and oxygen atoms in total. The van der Waals surface area contributed by atoms with Crippen LogP contribution >= 0.6 is 0 Å². The first-order chi connectivity index (χ1) is 9.74. The molecule has 20 heavy (non-hydrogen) atoms. The van der Waals surface area contributed by atoms with E-state index in [9.17, 15) is 4.79 Å². The lowest BCUT2D eigenvalue weighted by Gasteiger charge is -2.27. The van der Waals surface area contributed by atoms with Gasteiger partial charge in [0, 0.05) is 0 Å². The predicted octanol–water partition coefficient (Wildman–Crippen LogP) is 0.941. The summed E-state index contributed by atoms with van der Waals surface area (Å²) in [6, 6.07) is 7.51. The van der Waals surface area contributed by atoms with Crippen LogP contribution in [0.4, 0.5) is 0 Å². The van der Waals surface area contributed by atoms with Crippen molar-refractivity contribution < 1.29 is 14.3 Å². The third-order valence-corrected chi connectivity index (χ3v) is 3.89. The second kappa shape index (κ2) is 5.71. The van der Waals surface area contributed by atoms with E-state index in [1.54, 1.807) is 0 Å². The molecule has 1 saturated heterocycles. The van der Waals surface area contributed by atoms with Crippen molar-refractivity contribution in [1.29, 1.82) is 0 Å². The number of rotatable bonds is 3. The molecule has 1 fully saturated rings. The maximum atomic E-state index is 12.1. The van der Waals surface area contributed by atoms with Crippen LogP contribution in [-0.2, 0) is 4.79 Å². The van der Waals surface area contributed by atoms with Crippen molar-refractivity contribution in [2.45, 2.75) is 25.5 Å². The molecule has 1 aromatic carbocycles. The molecule has 0 bridgehead atoms. The van der Waals surface area contributed by atoms with Crippen LogP contribution in [0.1, 0.15) is 13.3 Å². The van der Waals surface area contributed by atoms with Crippen LogP contribution in [0.3, 0.4) is 0 Å². The second-order valence-corrected chi connectivity index (χ2v) is 5.44. The van der Waals surface area contributed by atoms with E-state index >= 15 is 0 Å². The predicted molar refractivity (Wildman–Crippen MR) is 74.9 cm³/mol. The van der Waals surface area contributed by atoms with Crippen molar-refractivity contribution in [2.75, 3.05) is 19.7 Å². The normalized spacial score (nSPS) is 28.1. The highest BCUT2D eigenvalue weighted by Crippen LogP contribution is 2.30. The van der Waals surface area contributed by atoms with Gasteiger partial charge < -0.3 is 20.1 Å². The zero-order valence-corrected chi connectivity index (χ0v) is 11.6. The molecule has 2 aliphatic rings. The van der Waals surface area contributed by atoms with Gasteiger partial charge in [-0.2, -0.15) is 0 Å². The smallest absolute Gasteiger partial charge is 0.237 e. The molecule has 0 aromatic heterocycles. The number of carbonyl (C=O) groups is 1. The van der Waals surface area contributed by atoms with E-state index in [4.69, 9.17) is 9.47 Å². The van der Waals surface area contributed by atoms with Gasteiger partial charge in [0.1, 0.15) is 12.7 Å². The number of amides is 1. The van der Waals surface area contributed by atoms with E-state index < -0.39 is 0 Å². The van der Waals surface area contributed by atoms with E-state index in [1.165, 1.54) is 0 Å². The number of ether oxygens (including phenoxy) is 2. The molecule has 5 heteroatoms. The average molecular weight is 276 g/mol. The summed E-state index contributed by atoms with van der Waals surface area (Å²) in [6.45, 7) is 3.94.